The molecule has 0 amide bonds. The zero-order valence-electron chi connectivity index (χ0n) is 14.8. The Morgan fingerprint density at radius 1 is 0.800 bits per heavy atom. The van der Waals surface area contributed by atoms with Crippen molar-refractivity contribution in [1.29, 1.82) is 0 Å². The fourth-order valence-corrected chi connectivity index (χ4v) is 1.26. The van der Waals surface area contributed by atoms with Gasteiger partial charge in [-0.15, -0.1) is 0 Å². The van der Waals surface area contributed by atoms with Crippen molar-refractivity contribution in [2.75, 3.05) is 12.5 Å². The summed E-state index contributed by atoms with van der Waals surface area (Å²) in [5, 5.41) is 0. The Balaban J connectivity index is -0.000000345. The molecule has 0 atom stereocenters. The summed E-state index contributed by atoms with van der Waals surface area (Å²) >= 11 is 0. The third-order valence-corrected chi connectivity index (χ3v) is 2.01. The van der Waals surface area contributed by atoms with E-state index in [2.05, 4.69) is 36.2 Å². The minimum absolute atomic E-state index is 0. The summed E-state index contributed by atoms with van der Waals surface area (Å²) in [4.78, 5) is 4.28. The van der Waals surface area contributed by atoms with Crippen molar-refractivity contribution in [3.8, 4) is 11.3 Å². The van der Waals surface area contributed by atoms with Crippen molar-refractivity contribution >= 4 is 20.2 Å². The second-order valence-electron chi connectivity index (χ2n) is 4.49. The van der Waals surface area contributed by atoms with Gasteiger partial charge in [0.25, 0.3) is 0 Å². The molecule has 7 nitrogen and oxygen atoms in total. The fourth-order valence-electron chi connectivity index (χ4n) is 1.26. The first-order valence-corrected chi connectivity index (χ1v) is 9.79. The molecule has 0 saturated heterocycles. The molecule has 0 fully saturated rings. The van der Waals surface area contributed by atoms with E-state index in [0.29, 0.717) is 12.5 Å². The summed E-state index contributed by atoms with van der Waals surface area (Å²) in [7, 11) is -7.83. The Morgan fingerprint density at radius 3 is 1.52 bits per heavy atom. The number of benzene rings is 1. The molecule has 0 aliphatic heterocycles. The van der Waals surface area contributed by atoms with E-state index in [0.717, 1.165) is 5.69 Å². The number of hydrogen-bond donors (Lipinski definition) is 0. The molecular formula is C14H17NNa2O6S2. The first kappa shape index (κ1) is 29.9. The molecule has 0 aliphatic carbocycles. The van der Waals surface area contributed by atoms with Crippen molar-refractivity contribution in [3.05, 3.63) is 54.2 Å². The standard InChI is InChI=1S/C12H11N.2CH4O3S.2Na/c1-10-5-7-11(8-6-10)12-4-2-3-9-13-12;2*1-5(2,3)4;;/h2-9H,1H3;2*1H3,(H,2,3,4);;/q;;;2*+1/p-2. The van der Waals surface area contributed by atoms with Crippen LogP contribution < -0.4 is 59.1 Å². The second kappa shape index (κ2) is 14.3. The van der Waals surface area contributed by atoms with Crippen LogP contribution >= 0.6 is 0 Å². The maximum absolute atomic E-state index is 9.08. The van der Waals surface area contributed by atoms with Crippen LogP contribution in [0.15, 0.2) is 48.7 Å². The number of aryl methyl sites for hydroxylation is 1. The predicted octanol–water partition coefficient (Wildman–Crippen LogP) is -4.61. The summed E-state index contributed by atoms with van der Waals surface area (Å²) in [6, 6.07) is 14.3. The zero-order valence-corrected chi connectivity index (χ0v) is 20.5. The summed E-state index contributed by atoms with van der Waals surface area (Å²) in [5.74, 6) is 0. The molecule has 2 rings (SSSR count). The van der Waals surface area contributed by atoms with E-state index >= 15 is 0 Å². The number of nitrogens with zero attached hydrogens (tertiary/aromatic N) is 1. The Bertz CT molecular complexity index is 749. The van der Waals surface area contributed by atoms with Gasteiger partial charge in [-0.2, -0.15) is 0 Å². The Morgan fingerprint density at radius 2 is 1.20 bits per heavy atom. The number of aromatic nitrogens is 1. The van der Waals surface area contributed by atoms with Crippen molar-refractivity contribution in [1.82, 2.24) is 4.98 Å². The van der Waals surface area contributed by atoms with Gasteiger partial charge in [0.15, 0.2) is 0 Å². The largest absolute Gasteiger partial charge is 1.00 e. The summed E-state index contributed by atoms with van der Waals surface area (Å²) < 4.78 is 54.5. The molecule has 0 aliphatic rings. The van der Waals surface area contributed by atoms with Gasteiger partial charge in [0.1, 0.15) is 0 Å². The molecule has 1 aromatic carbocycles. The van der Waals surface area contributed by atoms with Gasteiger partial charge in [0.05, 0.1) is 25.9 Å². The first-order chi connectivity index (χ1) is 10.4. The van der Waals surface area contributed by atoms with Gasteiger partial charge in [-0.25, -0.2) is 16.8 Å². The topological polar surface area (TPSA) is 127 Å². The molecule has 2 aromatic rings. The van der Waals surface area contributed by atoms with Gasteiger partial charge in [0.2, 0.25) is 0 Å². The van der Waals surface area contributed by atoms with E-state index in [-0.39, 0.29) is 59.1 Å². The molecular weight excluding hydrogens is 388 g/mol. The average Bonchev–Trinajstić information content (AvgIpc) is 2.37. The van der Waals surface area contributed by atoms with Crippen LogP contribution in [0, 0.1) is 6.92 Å². The maximum Gasteiger partial charge on any atom is 1.00 e. The molecule has 0 radical (unpaired) electrons. The molecule has 0 unspecified atom stereocenters. The van der Waals surface area contributed by atoms with Crippen molar-refractivity contribution in [2.45, 2.75) is 6.92 Å². The second-order valence-corrected chi connectivity index (χ2v) is 7.31. The minimum Gasteiger partial charge on any atom is -0.748 e. The van der Waals surface area contributed by atoms with E-state index in [1.54, 1.807) is 0 Å². The fraction of sp³-hybridized carbons (Fsp3) is 0.214. The van der Waals surface area contributed by atoms with E-state index in [1.807, 2.05) is 24.4 Å². The van der Waals surface area contributed by atoms with Gasteiger partial charge in [-0.1, -0.05) is 35.9 Å². The molecule has 25 heavy (non-hydrogen) atoms. The van der Waals surface area contributed by atoms with E-state index in [4.69, 9.17) is 25.9 Å². The molecule has 0 N–H and O–H groups in total. The van der Waals surface area contributed by atoms with E-state index in [9.17, 15) is 0 Å². The van der Waals surface area contributed by atoms with Crippen LogP contribution in [-0.2, 0) is 20.2 Å². The van der Waals surface area contributed by atoms with Crippen LogP contribution in [-0.4, -0.2) is 43.4 Å². The summed E-state index contributed by atoms with van der Waals surface area (Å²) in [6.07, 6.45) is 3.02. The third-order valence-electron chi connectivity index (χ3n) is 2.01. The van der Waals surface area contributed by atoms with Crippen molar-refractivity contribution < 1.29 is 85.1 Å². The molecule has 1 aromatic heterocycles. The zero-order chi connectivity index (χ0) is 18.1. The molecule has 0 saturated carbocycles. The monoisotopic (exact) mass is 405 g/mol. The summed E-state index contributed by atoms with van der Waals surface area (Å²) in [6.45, 7) is 2.09. The third kappa shape index (κ3) is 24.2. The Kier molecular flexibility index (Phi) is 17.1. The van der Waals surface area contributed by atoms with Gasteiger partial charge in [-0.05, 0) is 19.1 Å². The molecule has 128 valence electrons. The maximum atomic E-state index is 9.08. The van der Waals surface area contributed by atoms with Crippen molar-refractivity contribution in [2.24, 2.45) is 0 Å². The average molecular weight is 405 g/mol. The number of pyridine rings is 1. The predicted molar refractivity (Wildman–Crippen MR) is 85.7 cm³/mol. The van der Waals surface area contributed by atoms with Gasteiger partial charge >= 0.3 is 59.1 Å². The van der Waals surface area contributed by atoms with Gasteiger partial charge < -0.3 is 9.11 Å². The van der Waals surface area contributed by atoms with E-state index < -0.39 is 20.2 Å². The van der Waals surface area contributed by atoms with Gasteiger partial charge in [-0.3, -0.25) is 4.98 Å². The Labute approximate surface area is 193 Å². The van der Waals surface area contributed by atoms with Crippen LogP contribution in [0.25, 0.3) is 11.3 Å². The first-order valence-electron chi connectivity index (χ1n) is 6.16. The van der Waals surface area contributed by atoms with Crippen LogP contribution in [0.1, 0.15) is 5.56 Å². The molecule has 0 bridgehead atoms. The molecule has 0 spiro atoms. The molecule has 1 heterocycles. The Hall–Kier alpha value is 0.190. The van der Waals surface area contributed by atoms with Crippen LogP contribution in [0.2, 0.25) is 0 Å². The minimum atomic E-state index is -3.92. The van der Waals surface area contributed by atoms with E-state index in [1.165, 1.54) is 11.1 Å². The molecule has 11 heteroatoms. The van der Waals surface area contributed by atoms with Crippen LogP contribution in [0.4, 0.5) is 0 Å². The normalized spacial score (nSPS) is 9.80. The van der Waals surface area contributed by atoms with Gasteiger partial charge in [0, 0.05) is 24.3 Å². The number of hydrogen-bond acceptors (Lipinski definition) is 7. The quantitative estimate of drug-likeness (QED) is 0.345. The number of rotatable bonds is 1. The summed E-state index contributed by atoms with van der Waals surface area (Å²) in [5.41, 5.74) is 3.48. The van der Waals surface area contributed by atoms with Crippen LogP contribution in [0.5, 0.6) is 0 Å². The van der Waals surface area contributed by atoms with Crippen LogP contribution in [0.3, 0.4) is 0 Å². The smallest absolute Gasteiger partial charge is 0.748 e. The SMILES string of the molecule is CS(=O)(=O)[O-].CS(=O)(=O)[O-].Cc1ccc(-c2ccccn2)cc1.[Na+].[Na+]. The van der Waals surface area contributed by atoms with Crippen molar-refractivity contribution in [3.63, 3.8) is 0 Å².